The number of nitrogens with zero attached hydrogens (tertiary/aromatic N) is 1. The molecule has 34 heavy (non-hydrogen) atoms. The first-order valence-electron chi connectivity index (χ1n) is 10.7. The molecule has 1 heterocycles. The van der Waals surface area contributed by atoms with Crippen LogP contribution >= 0.6 is 11.6 Å². The Balaban J connectivity index is 1.90. The topological polar surface area (TPSA) is 75.7 Å². The normalized spacial score (nSPS) is 17.4. The number of alkyl halides is 3. The van der Waals surface area contributed by atoms with Crippen molar-refractivity contribution in [3.05, 3.63) is 58.6 Å². The molecule has 0 spiro atoms. The summed E-state index contributed by atoms with van der Waals surface area (Å²) in [6, 6.07) is 9.52. The lowest BCUT2D eigenvalue weighted by molar-refractivity contribution is -0.137. The molecule has 0 unspecified atom stereocenters. The van der Waals surface area contributed by atoms with Gasteiger partial charge in [0.05, 0.1) is 28.6 Å². The molecule has 1 aliphatic heterocycles. The fourth-order valence-electron chi connectivity index (χ4n) is 4.09. The molecule has 11 heteroatoms. The fraction of sp³-hybridized carbons (Fsp3) is 0.435. The molecular weight excluding hydrogens is 493 g/mol. The van der Waals surface area contributed by atoms with E-state index in [1.165, 1.54) is 0 Å². The van der Waals surface area contributed by atoms with E-state index in [4.69, 9.17) is 16.3 Å². The van der Waals surface area contributed by atoms with Gasteiger partial charge in [-0.05, 0) is 37.1 Å². The van der Waals surface area contributed by atoms with Crippen molar-refractivity contribution in [3.8, 4) is 5.75 Å². The average molecular weight is 519 g/mol. The highest BCUT2D eigenvalue weighted by atomic mass is 35.5. The number of carbonyl (C=O) groups is 1. The van der Waals surface area contributed by atoms with Crippen molar-refractivity contribution in [3.63, 3.8) is 0 Å². The van der Waals surface area contributed by atoms with Crippen LogP contribution in [0.5, 0.6) is 5.75 Å². The van der Waals surface area contributed by atoms with Crippen molar-refractivity contribution in [2.24, 2.45) is 0 Å². The molecular formula is C23H26ClF3N2O4S. The van der Waals surface area contributed by atoms with E-state index in [-0.39, 0.29) is 5.69 Å². The summed E-state index contributed by atoms with van der Waals surface area (Å²) in [6.45, 7) is 3.28. The molecule has 6 nitrogen and oxygen atoms in total. The number of fused-ring (bicyclic) bond motifs is 1. The molecule has 1 N–H and O–H groups in total. The van der Waals surface area contributed by atoms with Gasteiger partial charge in [-0.25, -0.2) is 8.42 Å². The predicted molar refractivity (Wildman–Crippen MR) is 125 cm³/mol. The summed E-state index contributed by atoms with van der Waals surface area (Å²) >= 11 is 5.66. The number of rotatable bonds is 7. The van der Waals surface area contributed by atoms with Crippen molar-refractivity contribution >= 4 is 33.2 Å². The smallest absolute Gasteiger partial charge is 0.417 e. The van der Waals surface area contributed by atoms with E-state index in [0.29, 0.717) is 35.4 Å². The molecule has 1 atom stereocenters. The van der Waals surface area contributed by atoms with Crippen LogP contribution in [0, 0.1) is 0 Å². The Morgan fingerprint density at radius 2 is 1.85 bits per heavy atom. The zero-order chi connectivity index (χ0) is 25.3. The van der Waals surface area contributed by atoms with Crippen LogP contribution in [-0.4, -0.2) is 32.7 Å². The van der Waals surface area contributed by atoms with E-state index in [2.05, 4.69) is 5.32 Å². The highest BCUT2D eigenvalue weighted by Crippen LogP contribution is 2.42. The Morgan fingerprint density at radius 3 is 2.44 bits per heavy atom. The molecule has 1 amide bonds. The summed E-state index contributed by atoms with van der Waals surface area (Å²) in [7, 11) is -4.08. The Morgan fingerprint density at radius 1 is 1.21 bits per heavy atom. The van der Waals surface area contributed by atoms with Crippen LogP contribution in [0.2, 0.25) is 5.02 Å². The number of hydrogen-bond donors (Lipinski definition) is 1. The Hall–Kier alpha value is -2.46. The number of nitrogens with one attached hydrogen (secondary N) is 1. The van der Waals surface area contributed by atoms with Gasteiger partial charge in [-0.15, -0.1) is 0 Å². The van der Waals surface area contributed by atoms with Gasteiger partial charge in [0, 0.05) is 12.0 Å². The van der Waals surface area contributed by atoms with Crippen molar-refractivity contribution in [1.82, 2.24) is 5.32 Å². The SMILES string of the molecule is CCC1(CC)C[C@H](NC(=O)CN(c2ccc(Cl)c(C(F)(F)F)c2)S(C)(=O)=O)c2ccccc2O1. The maximum Gasteiger partial charge on any atom is 0.417 e. The summed E-state index contributed by atoms with van der Waals surface area (Å²) in [6.07, 6.45) is -2.09. The molecule has 2 aromatic rings. The van der Waals surface area contributed by atoms with Crippen LogP contribution < -0.4 is 14.4 Å². The third kappa shape index (κ3) is 5.60. The van der Waals surface area contributed by atoms with E-state index >= 15 is 0 Å². The van der Waals surface area contributed by atoms with E-state index in [0.717, 1.165) is 24.0 Å². The van der Waals surface area contributed by atoms with Crippen molar-refractivity contribution in [1.29, 1.82) is 0 Å². The molecule has 0 bridgehead atoms. The van der Waals surface area contributed by atoms with Crippen molar-refractivity contribution in [2.45, 2.75) is 50.9 Å². The van der Waals surface area contributed by atoms with Crippen LogP contribution in [0.25, 0.3) is 0 Å². The Bertz CT molecular complexity index is 1170. The van der Waals surface area contributed by atoms with Crippen molar-refractivity contribution in [2.75, 3.05) is 17.1 Å². The second-order valence-electron chi connectivity index (χ2n) is 8.29. The molecule has 2 aromatic carbocycles. The number of para-hydroxylation sites is 1. The summed E-state index contributed by atoms with van der Waals surface area (Å²) in [4.78, 5) is 13.0. The Kier molecular flexibility index (Phi) is 7.43. The number of anilines is 1. The van der Waals surface area contributed by atoms with E-state index in [9.17, 15) is 26.4 Å². The van der Waals surface area contributed by atoms with E-state index in [1.807, 2.05) is 32.0 Å². The lowest BCUT2D eigenvalue weighted by Gasteiger charge is -2.41. The first-order chi connectivity index (χ1) is 15.8. The molecule has 0 aromatic heterocycles. The predicted octanol–water partition coefficient (Wildman–Crippen LogP) is 5.32. The summed E-state index contributed by atoms with van der Waals surface area (Å²) in [5, 5.41) is 2.29. The zero-order valence-electron chi connectivity index (χ0n) is 18.9. The molecule has 0 fully saturated rings. The summed E-state index contributed by atoms with van der Waals surface area (Å²) in [5.41, 5.74) is -1.24. The molecule has 3 rings (SSSR count). The maximum absolute atomic E-state index is 13.3. The second-order valence-corrected chi connectivity index (χ2v) is 10.6. The zero-order valence-corrected chi connectivity index (χ0v) is 20.5. The first-order valence-corrected chi connectivity index (χ1v) is 12.9. The minimum absolute atomic E-state index is 0.307. The number of amides is 1. The molecule has 1 aliphatic rings. The summed E-state index contributed by atoms with van der Waals surface area (Å²) < 4.78 is 71.6. The van der Waals surface area contributed by atoms with Gasteiger partial charge in [0.25, 0.3) is 0 Å². The molecule has 0 saturated heterocycles. The lowest BCUT2D eigenvalue weighted by Crippen LogP contribution is -2.47. The van der Waals surface area contributed by atoms with Gasteiger partial charge in [0.2, 0.25) is 15.9 Å². The van der Waals surface area contributed by atoms with Crippen LogP contribution in [0.4, 0.5) is 18.9 Å². The molecule has 0 aliphatic carbocycles. The van der Waals surface area contributed by atoms with Gasteiger partial charge in [-0.3, -0.25) is 9.10 Å². The summed E-state index contributed by atoms with van der Waals surface area (Å²) in [5.74, 6) is -0.0213. The number of halogens is 4. The third-order valence-corrected chi connectivity index (χ3v) is 7.52. The van der Waals surface area contributed by atoms with Crippen molar-refractivity contribution < 1.29 is 31.1 Å². The Labute approximate surface area is 202 Å². The van der Waals surface area contributed by atoms with Crippen LogP contribution in [0.15, 0.2) is 42.5 Å². The van der Waals surface area contributed by atoms with Gasteiger partial charge in [-0.2, -0.15) is 13.2 Å². The molecule has 0 saturated carbocycles. The number of ether oxygens (including phenoxy) is 1. The van der Waals surface area contributed by atoms with E-state index in [1.54, 1.807) is 6.07 Å². The number of hydrogen-bond acceptors (Lipinski definition) is 4. The van der Waals surface area contributed by atoms with Gasteiger partial charge >= 0.3 is 6.18 Å². The highest BCUT2D eigenvalue weighted by Gasteiger charge is 2.39. The number of carbonyl (C=O) groups excluding carboxylic acids is 1. The van der Waals surface area contributed by atoms with Gasteiger partial charge < -0.3 is 10.1 Å². The minimum atomic E-state index is -4.78. The molecule has 186 valence electrons. The quantitative estimate of drug-likeness (QED) is 0.538. The lowest BCUT2D eigenvalue weighted by atomic mass is 9.83. The van der Waals surface area contributed by atoms with Crippen LogP contribution in [-0.2, 0) is 21.0 Å². The second kappa shape index (κ2) is 9.65. The van der Waals surface area contributed by atoms with E-state index < -0.39 is 50.9 Å². The van der Waals surface area contributed by atoms with Gasteiger partial charge in [0.1, 0.15) is 17.9 Å². The fourth-order valence-corrected chi connectivity index (χ4v) is 5.16. The number of benzene rings is 2. The van der Waals surface area contributed by atoms with Crippen LogP contribution in [0.3, 0.4) is 0 Å². The standard InChI is InChI=1S/C23H26ClF3N2O4S/c1-4-22(5-2)13-19(16-8-6-7-9-20(16)33-22)28-21(30)14-29(34(3,31)32)15-10-11-18(24)17(12-15)23(25,26)27/h6-12,19H,4-5,13-14H2,1-3H3,(H,28,30)/t19-/m0/s1. The van der Waals surface area contributed by atoms with Gasteiger partial charge in [0.15, 0.2) is 0 Å². The third-order valence-electron chi connectivity index (χ3n) is 6.05. The largest absolute Gasteiger partial charge is 0.487 e. The van der Waals surface area contributed by atoms with Gasteiger partial charge in [-0.1, -0.05) is 43.6 Å². The monoisotopic (exact) mass is 518 g/mol. The number of sulfonamides is 1. The minimum Gasteiger partial charge on any atom is -0.487 e. The van der Waals surface area contributed by atoms with Crippen LogP contribution in [0.1, 0.15) is 50.3 Å². The molecule has 0 radical (unpaired) electrons. The highest BCUT2D eigenvalue weighted by molar-refractivity contribution is 7.92. The first kappa shape index (κ1) is 26.2. The maximum atomic E-state index is 13.3. The average Bonchev–Trinajstić information content (AvgIpc) is 2.76.